The van der Waals surface area contributed by atoms with Crippen LogP contribution >= 0.6 is 0 Å². The maximum atomic E-state index is 4.81. The number of hydrogen-bond acceptors (Lipinski definition) is 3. The average molecular weight is 292 g/mol. The van der Waals surface area contributed by atoms with E-state index in [1.807, 2.05) is 17.6 Å². The number of aromatic nitrogens is 3. The van der Waals surface area contributed by atoms with Crippen molar-refractivity contribution in [1.29, 1.82) is 0 Å². The van der Waals surface area contributed by atoms with Crippen molar-refractivity contribution in [2.45, 2.75) is 32.2 Å². The van der Waals surface area contributed by atoms with Crippen LogP contribution in [0.4, 0.5) is 5.82 Å². The van der Waals surface area contributed by atoms with Crippen molar-refractivity contribution in [1.82, 2.24) is 14.6 Å². The Morgan fingerprint density at radius 1 is 1.05 bits per heavy atom. The van der Waals surface area contributed by atoms with Gasteiger partial charge in [0.15, 0.2) is 5.65 Å². The summed E-state index contributed by atoms with van der Waals surface area (Å²) in [7, 11) is 0. The molecule has 0 N–H and O–H groups in total. The largest absolute Gasteiger partial charge is 0.348 e. The van der Waals surface area contributed by atoms with Gasteiger partial charge in [-0.25, -0.2) is 9.50 Å². The number of nitrogens with zero attached hydrogens (tertiary/aromatic N) is 4. The SMILES string of the molecule is Cc1cnc2ccc(N3CCCCC3c3ccccc3)nn12. The number of piperidine rings is 1. The van der Waals surface area contributed by atoms with Crippen molar-refractivity contribution in [2.24, 2.45) is 0 Å². The van der Waals surface area contributed by atoms with E-state index < -0.39 is 0 Å². The first-order valence-corrected chi connectivity index (χ1v) is 7.96. The summed E-state index contributed by atoms with van der Waals surface area (Å²) in [6, 6.07) is 15.4. The summed E-state index contributed by atoms with van der Waals surface area (Å²) >= 11 is 0. The second-order valence-electron chi connectivity index (χ2n) is 5.98. The third-order valence-electron chi connectivity index (χ3n) is 4.50. The molecule has 0 saturated carbocycles. The number of hydrogen-bond donors (Lipinski definition) is 0. The van der Waals surface area contributed by atoms with Gasteiger partial charge in [-0.2, -0.15) is 0 Å². The first-order chi connectivity index (χ1) is 10.8. The zero-order valence-corrected chi connectivity index (χ0v) is 12.8. The van der Waals surface area contributed by atoms with Crippen LogP contribution in [0.15, 0.2) is 48.7 Å². The van der Waals surface area contributed by atoms with Gasteiger partial charge in [-0.3, -0.25) is 0 Å². The molecule has 2 aromatic heterocycles. The molecular formula is C18H20N4. The number of anilines is 1. The van der Waals surface area contributed by atoms with Gasteiger partial charge in [-0.15, -0.1) is 5.10 Å². The molecule has 4 heteroatoms. The molecule has 1 unspecified atom stereocenters. The van der Waals surface area contributed by atoms with E-state index in [2.05, 4.69) is 52.3 Å². The van der Waals surface area contributed by atoms with E-state index in [1.54, 1.807) is 0 Å². The van der Waals surface area contributed by atoms with Crippen LogP contribution in [0.5, 0.6) is 0 Å². The highest BCUT2D eigenvalue weighted by Crippen LogP contribution is 2.33. The van der Waals surface area contributed by atoms with Gasteiger partial charge in [0.1, 0.15) is 5.82 Å². The number of fused-ring (bicyclic) bond motifs is 1. The summed E-state index contributed by atoms with van der Waals surface area (Å²) in [6.45, 7) is 3.10. The lowest BCUT2D eigenvalue weighted by Gasteiger charge is -2.37. The Labute approximate surface area is 130 Å². The Morgan fingerprint density at radius 2 is 1.91 bits per heavy atom. The molecule has 3 heterocycles. The minimum Gasteiger partial charge on any atom is -0.348 e. The van der Waals surface area contributed by atoms with Crippen LogP contribution in [-0.2, 0) is 0 Å². The van der Waals surface area contributed by atoms with Crippen LogP contribution in [0, 0.1) is 6.92 Å². The van der Waals surface area contributed by atoms with E-state index in [1.165, 1.54) is 24.8 Å². The summed E-state index contributed by atoms with van der Waals surface area (Å²) < 4.78 is 1.94. The number of imidazole rings is 1. The summed E-state index contributed by atoms with van der Waals surface area (Å²) in [5.74, 6) is 1.04. The molecule has 3 aromatic rings. The van der Waals surface area contributed by atoms with E-state index in [0.717, 1.165) is 23.7 Å². The van der Waals surface area contributed by atoms with E-state index >= 15 is 0 Å². The van der Waals surface area contributed by atoms with Crippen LogP contribution in [0.2, 0.25) is 0 Å². The van der Waals surface area contributed by atoms with E-state index in [-0.39, 0.29) is 0 Å². The Bertz CT molecular complexity index is 778. The van der Waals surface area contributed by atoms with Crippen LogP contribution < -0.4 is 4.90 Å². The lowest BCUT2D eigenvalue weighted by atomic mass is 9.95. The molecule has 0 bridgehead atoms. The van der Waals surface area contributed by atoms with Crippen LogP contribution in [0.1, 0.15) is 36.6 Å². The molecule has 112 valence electrons. The van der Waals surface area contributed by atoms with Crippen LogP contribution in [0.3, 0.4) is 0 Å². The minimum atomic E-state index is 0.420. The molecular weight excluding hydrogens is 272 g/mol. The zero-order valence-electron chi connectivity index (χ0n) is 12.8. The highest BCUT2D eigenvalue weighted by Gasteiger charge is 2.25. The summed E-state index contributed by atoms with van der Waals surface area (Å²) in [4.78, 5) is 6.81. The summed E-state index contributed by atoms with van der Waals surface area (Å²) in [6.07, 6.45) is 5.57. The van der Waals surface area contributed by atoms with Gasteiger partial charge in [-0.1, -0.05) is 30.3 Å². The number of benzene rings is 1. The van der Waals surface area contributed by atoms with E-state index in [0.29, 0.717) is 6.04 Å². The van der Waals surface area contributed by atoms with Crippen molar-refractivity contribution in [2.75, 3.05) is 11.4 Å². The van der Waals surface area contributed by atoms with Gasteiger partial charge in [0, 0.05) is 6.54 Å². The predicted molar refractivity (Wildman–Crippen MR) is 88.1 cm³/mol. The fourth-order valence-electron chi connectivity index (χ4n) is 3.36. The Kier molecular flexibility index (Phi) is 3.29. The molecule has 1 aliphatic rings. The molecule has 0 aliphatic carbocycles. The zero-order chi connectivity index (χ0) is 14.9. The van der Waals surface area contributed by atoms with Crippen molar-refractivity contribution in [3.63, 3.8) is 0 Å². The summed E-state index contributed by atoms with van der Waals surface area (Å²) in [5, 5.41) is 4.81. The molecule has 22 heavy (non-hydrogen) atoms. The Hall–Kier alpha value is -2.36. The average Bonchev–Trinajstić information content (AvgIpc) is 2.96. The van der Waals surface area contributed by atoms with Crippen LogP contribution in [-0.4, -0.2) is 21.1 Å². The van der Waals surface area contributed by atoms with E-state index in [4.69, 9.17) is 5.10 Å². The monoisotopic (exact) mass is 292 g/mol. The Morgan fingerprint density at radius 3 is 2.77 bits per heavy atom. The van der Waals surface area contributed by atoms with Crippen LogP contribution in [0.25, 0.3) is 5.65 Å². The number of aryl methyl sites for hydroxylation is 1. The fraction of sp³-hybridized carbons (Fsp3) is 0.333. The topological polar surface area (TPSA) is 33.4 Å². The first-order valence-electron chi connectivity index (χ1n) is 7.96. The fourth-order valence-corrected chi connectivity index (χ4v) is 3.36. The first kappa shape index (κ1) is 13.3. The van der Waals surface area contributed by atoms with Gasteiger partial charge < -0.3 is 4.90 Å². The normalized spacial score (nSPS) is 18.8. The van der Waals surface area contributed by atoms with Gasteiger partial charge >= 0.3 is 0 Å². The maximum Gasteiger partial charge on any atom is 0.153 e. The molecule has 4 rings (SSSR count). The van der Waals surface area contributed by atoms with Gasteiger partial charge in [-0.05, 0) is 43.9 Å². The molecule has 0 spiro atoms. The van der Waals surface area contributed by atoms with Crippen molar-refractivity contribution in [3.05, 3.63) is 59.9 Å². The van der Waals surface area contributed by atoms with Gasteiger partial charge in [0.25, 0.3) is 0 Å². The molecule has 1 saturated heterocycles. The highest BCUT2D eigenvalue weighted by atomic mass is 15.3. The lowest BCUT2D eigenvalue weighted by molar-refractivity contribution is 0.467. The molecule has 1 atom stereocenters. The smallest absolute Gasteiger partial charge is 0.153 e. The van der Waals surface area contributed by atoms with Crippen molar-refractivity contribution >= 4 is 11.5 Å². The second-order valence-corrected chi connectivity index (χ2v) is 5.98. The minimum absolute atomic E-state index is 0.420. The molecule has 1 aliphatic heterocycles. The molecule has 0 amide bonds. The lowest BCUT2D eigenvalue weighted by Crippen LogP contribution is -2.34. The molecule has 0 radical (unpaired) electrons. The summed E-state index contributed by atoms with van der Waals surface area (Å²) in [5.41, 5.74) is 3.37. The van der Waals surface area contributed by atoms with Crippen molar-refractivity contribution in [3.8, 4) is 0 Å². The Balaban J connectivity index is 1.75. The van der Waals surface area contributed by atoms with E-state index in [9.17, 15) is 0 Å². The predicted octanol–water partition coefficient (Wildman–Crippen LogP) is 3.77. The molecule has 4 nitrogen and oxygen atoms in total. The molecule has 1 fully saturated rings. The third-order valence-corrected chi connectivity index (χ3v) is 4.50. The van der Waals surface area contributed by atoms with Gasteiger partial charge in [0.05, 0.1) is 17.9 Å². The van der Waals surface area contributed by atoms with Gasteiger partial charge in [0.2, 0.25) is 0 Å². The number of rotatable bonds is 2. The standard InChI is InChI=1S/C18H20N4/c1-14-13-19-17-10-11-18(20-22(14)17)21-12-6-5-9-16(21)15-7-3-2-4-8-15/h2-4,7-8,10-11,13,16H,5-6,9,12H2,1H3. The highest BCUT2D eigenvalue weighted by molar-refractivity contribution is 5.49. The molecule has 1 aromatic carbocycles. The third kappa shape index (κ3) is 2.25. The quantitative estimate of drug-likeness (QED) is 0.721. The van der Waals surface area contributed by atoms with Crippen molar-refractivity contribution < 1.29 is 0 Å². The second kappa shape index (κ2) is 5.44. The maximum absolute atomic E-state index is 4.81.